The van der Waals surface area contributed by atoms with Crippen LogP contribution >= 0.6 is 11.3 Å². The van der Waals surface area contributed by atoms with Crippen LogP contribution in [0.1, 0.15) is 15.9 Å². The number of carbonyl (C=O) groups is 1. The second-order valence-corrected chi connectivity index (χ2v) is 5.43. The SMILES string of the molecule is O=C(Nc1cc(C(F)(F)F)ccc1-n1cccn1)c1ccsc1. The predicted molar refractivity (Wildman–Crippen MR) is 80.8 cm³/mol. The number of nitrogens with one attached hydrogen (secondary N) is 1. The highest BCUT2D eigenvalue weighted by Crippen LogP contribution is 2.33. The highest BCUT2D eigenvalue weighted by molar-refractivity contribution is 7.08. The molecule has 0 saturated heterocycles. The van der Waals surface area contributed by atoms with Crippen molar-refractivity contribution in [3.05, 3.63) is 64.6 Å². The minimum Gasteiger partial charge on any atom is -0.320 e. The molecule has 0 spiro atoms. The summed E-state index contributed by atoms with van der Waals surface area (Å²) >= 11 is 1.33. The number of anilines is 1. The van der Waals surface area contributed by atoms with E-state index < -0.39 is 17.6 Å². The summed E-state index contributed by atoms with van der Waals surface area (Å²) in [6, 6.07) is 6.38. The molecular formula is C15H10F3N3OS. The van der Waals surface area contributed by atoms with Crippen LogP contribution in [0.15, 0.2) is 53.5 Å². The van der Waals surface area contributed by atoms with Crippen molar-refractivity contribution < 1.29 is 18.0 Å². The minimum atomic E-state index is -4.50. The second-order valence-electron chi connectivity index (χ2n) is 4.65. The van der Waals surface area contributed by atoms with E-state index in [0.29, 0.717) is 11.3 Å². The number of hydrogen-bond donors (Lipinski definition) is 1. The topological polar surface area (TPSA) is 46.9 Å². The van der Waals surface area contributed by atoms with E-state index in [2.05, 4.69) is 10.4 Å². The monoisotopic (exact) mass is 337 g/mol. The van der Waals surface area contributed by atoms with Crippen molar-refractivity contribution in [1.82, 2.24) is 9.78 Å². The molecular weight excluding hydrogens is 327 g/mol. The first kappa shape index (κ1) is 15.3. The first-order valence-corrected chi connectivity index (χ1v) is 7.44. The van der Waals surface area contributed by atoms with E-state index in [-0.39, 0.29) is 5.69 Å². The number of hydrogen-bond acceptors (Lipinski definition) is 3. The molecule has 118 valence electrons. The molecule has 0 atom stereocenters. The van der Waals surface area contributed by atoms with Crippen molar-refractivity contribution >= 4 is 22.9 Å². The number of halogens is 3. The molecule has 2 aromatic heterocycles. The van der Waals surface area contributed by atoms with Crippen LogP contribution in [0.2, 0.25) is 0 Å². The Morgan fingerprint density at radius 1 is 1.26 bits per heavy atom. The van der Waals surface area contributed by atoms with Gasteiger partial charge in [0, 0.05) is 17.8 Å². The van der Waals surface area contributed by atoms with Crippen LogP contribution in [0.3, 0.4) is 0 Å². The highest BCUT2D eigenvalue weighted by Gasteiger charge is 2.31. The van der Waals surface area contributed by atoms with Crippen molar-refractivity contribution in [3.63, 3.8) is 0 Å². The van der Waals surface area contributed by atoms with Gasteiger partial charge in [-0.2, -0.15) is 29.6 Å². The number of thiophene rings is 1. The van der Waals surface area contributed by atoms with Gasteiger partial charge in [0.2, 0.25) is 0 Å². The zero-order valence-electron chi connectivity index (χ0n) is 11.5. The van der Waals surface area contributed by atoms with Crippen molar-refractivity contribution in [1.29, 1.82) is 0 Å². The lowest BCUT2D eigenvalue weighted by Gasteiger charge is -2.14. The average molecular weight is 337 g/mol. The van der Waals surface area contributed by atoms with Crippen molar-refractivity contribution in [2.75, 3.05) is 5.32 Å². The summed E-state index contributed by atoms with van der Waals surface area (Å²) in [6.45, 7) is 0. The van der Waals surface area contributed by atoms with Gasteiger partial charge in [-0.3, -0.25) is 4.79 Å². The lowest BCUT2D eigenvalue weighted by molar-refractivity contribution is -0.137. The van der Waals surface area contributed by atoms with E-state index in [1.807, 2.05) is 0 Å². The Bertz CT molecular complexity index is 811. The van der Waals surface area contributed by atoms with Crippen molar-refractivity contribution in [2.45, 2.75) is 6.18 Å². The summed E-state index contributed by atoms with van der Waals surface area (Å²) < 4.78 is 40.2. The van der Waals surface area contributed by atoms with Gasteiger partial charge in [0.05, 0.1) is 22.5 Å². The zero-order valence-corrected chi connectivity index (χ0v) is 12.4. The van der Waals surface area contributed by atoms with Crippen molar-refractivity contribution in [3.8, 4) is 5.69 Å². The summed E-state index contributed by atoms with van der Waals surface area (Å²) in [5, 5.41) is 9.86. The molecule has 0 radical (unpaired) electrons. The van der Waals surface area contributed by atoms with Gasteiger partial charge >= 0.3 is 6.18 Å². The molecule has 4 nitrogen and oxygen atoms in total. The van der Waals surface area contributed by atoms with Gasteiger partial charge in [-0.05, 0) is 35.7 Å². The molecule has 23 heavy (non-hydrogen) atoms. The molecule has 1 N–H and O–H groups in total. The summed E-state index contributed by atoms with van der Waals surface area (Å²) in [5.74, 6) is -0.473. The standard InChI is InChI=1S/C15H10F3N3OS/c16-15(17,18)11-2-3-13(21-6-1-5-19-21)12(8-11)20-14(22)10-4-7-23-9-10/h1-9H,(H,20,22). The molecule has 3 rings (SSSR count). The Morgan fingerprint density at radius 2 is 2.09 bits per heavy atom. The molecule has 2 heterocycles. The van der Waals surface area contributed by atoms with Gasteiger partial charge in [-0.25, -0.2) is 4.68 Å². The molecule has 0 aliphatic rings. The van der Waals surface area contributed by atoms with Crippen molar-refractivity contribution in [2.24, 2.45) is 0 Å². The third-order valence-electron chi connectivity index (χ3n) is 3.11. The Balaban J connectivity index is 2.02. The Hall–Kier alpha value is -2.61. The van der Waals surface area contributed by atoms with E-state index >= 15 is 0 Å². The summed E-state index contributed by atoms with van der Waals surface area (Å²) in [6.07, 6.45) is -1.41. The smallest absolute Gasteiger partial charge is 0.320 e. The van der Waals surface area contributed by atoms with Crippen LogP contribution in [0.4, 0.5) is 18.9 Å². The lowest BCUT2D eigenvalue weighted by atomic mass is 10.1. The number of alkyl halides is 3. The maximum absolute atomic E-state index is 12.9. The first-order valence-electron chi connectivity index (χ1n) is 6.50. The van der Waals surface area contributed by atoms with Crippen LogP contribution in [0, 0.1) is 0 Å². The average Bonchev–Trinajstić information content (AvgIpc) is 3.20. The Labute approximate surface area is 133 Å². The summed E-state index contributed by atoms with van der Waals surface area (Å²) in [4.78, 5) is 12.1. The van der Waals surface area contributed by atoms with Crippen LogP contribution in [-0.2, 0) is 6.18 Å². The molecule has 0 fully saturated rings. The van der Waals surface area contributed by atoms with Gasteiger partial charge in [0.1, 0.15) is 0 Å². The fraction of sp³-hybridized carbons (Fsp3) is 0.0667. The van der Waals surface area contributed by atoms with Crippen LogP contribution in [0.25, 0.3) is 5.69 Å². The van der Waals surface area contributed by atoms with E-state index in [0.717, 1.165) is 12.1 Å². The quantitative estimate of drug-likeness (QED) is 0.778. The highest BCUT2D eigenvalue weighted by atomic mass is 32.1. The number of benzene rings is 1. The van der Waals surface area contributed by atoms with Gasteiger partial charge in [0.15, 0.2) is 0 Å². The number of aromatic nitrogens is 2. The first-order chi connectivity index (χ1) is 10.9. The number of nitrogens with zero attached hydrogens (tertiary/aromatic N) is 2. The number of amides is 1. The Morgan fingerprint density at radius 3 is 2.70 bits per heavy atom. The molecule has 3 aromatic rings. The fourth-order valence-electron chi connectivity index (χ4n) is 2.01. The molecule has 0 saturated carbocycles. The van der Waals surface area contributed by atoms with E-state index in [1.165, 1.54) is 28.3 Å². The van der Waals surface area contributed by atoms with Crippen LogP contribution < -0.4 is 5.32 Å². The summed E-state index contributed by atoms with van der Waals surface area (Å²) in [7, 11) is 0. The molecule has 0 aliphatic carbocycles. The molecule has 8 heteroatoms. The second kappa shape index (κ2) is 5.88. The largest absolute Gasteiger partial charge is 0.416 e. The molecule has 0 aliphatic heterocycles. The number of carbonyl (C=O) groups excluding carboxylic acids is 1. The number of rotatable bonds is 3. The normalized spacial score (nSPS) is 11.4. The molecule has 0 bridgehead atoms. The maximum Gasteiger partial charge on any atom is 0.416 e. The predicted octanol–water partition coefficient (Wildman–Crippen LogP) is 4.20. The lowest BCUT2D eigenvalue weighted by Crippen LogP contribution is -2.15. The zero-order chi connectivity index (χ0) is 16.4. The van der Waals surface area contributed by atoms with Gasteiger partial charge in [-0.15, -0.1) is 0 Å². The van der Waals surface area contributed by atoms with E-state index in [4.69, 9.17) is 0 Å². The van der Waals surface area contributed by atoms with Crippen LogP contribution in [0.5, 0.6) is 0 Å². The van der Waals surface area contributed by atoms with E-state index in [1.54, 1.807) is 29.1 Å². The maximum atomic E-state index is 12.9. The minimum absolute atomic E-state index is 0.0414. The van der Waals surface area contributed by atoms with Gasteiger partial charge in [-0.1, -0.05) is 0 Å². The fourth-order valence-corrected chi connectivity index (χ4v) is 2.65. The van der Waals surface area contributed by atoms with E-state index in [9.17, 15) is 18.0 Å². The van der Waals surface area contributed by atoms with Gasteiger partial charge < -0.3 is 5.32 Å². The third-order valence-corrected chi connectivity index (χ3v) is 3.79. The molecule has 1 aromatic carbocycles. The Kier molecular flexibility index (Phi) is 3.91. The molecule has 0 unspecified atom stereocenters. The van der Waals surface area contributed by atoms with Gasteiger partial charge in [0.25, 0.3) is 5.91 Å². The summed E-state index contributed by atoms with van der Waals surface area (Å²) in [5.41, 5.74) is -0.0563. The third kappa shape index (κ3) is 3.26. The molecule has 1 amide bonds. The van der Waals surface area contributed by atoms with Crippen LogP contribution in [-0.4, -0.2) is 15.7 Å².